The van der Waals surface area contributed by atoms with Crippen molar-refractivity contribution in [3.05, 3.63) is 90.0 Å². The highest BCUT2D eigenvalue weighted by molar-refractivity contribution is 6.09. The van der Waals surface area contributed by atoms with Crippen molar-refractivity contribution in [2.75, 3.05) is 17.2 Å². The Balaban J connectivity index is 1.33. The van der Waals surface area contributed by atoms with Gasteiger partial charge in [-0.3, -0.25) is 14.4 Å². The molecule has 0 unspecified atom stereocenters. The Kier molecular flexibility index (Phi) is 6.08. The van der Waals surface area contributed by atoms with Gasteiger partial charge in [0.15, 0.2) is 12.4 Å². The number of ketones is 1. The minimum Gasteiger partial charge on any atom is -0.484 e. The summed E-state index contributed by atoms with van der Waals surface area (Å²) >= 11 is 0. The largest absolute Gasteiger partial charge is 0.484 e. The normalized spacial score (nSPS) is 12.6. The summed E-state index contributed by atoms with van der Waals surface area (Å²) in [5, 5.41) is 5.59. The minimum atomic E-state index is -0.350. The zero-order valence-electron chi connectivity index (χ0n) is 16.8. The van der Waals surface area contributed by atoms with Gasteiger partial charge in [-0.15, -0.1) is 0 Å². The van der Waals surface area contributed by atoms with Crippen LogP contribution in [0.1, 0.15) is 28.8 Å². The van der Waals surface area contributed by atoms with Crippen molar-refractivity contribution >= 4 is 29.0 Å². The first-order valence-corrected chi connectivity index (χ1v) is 10.1. The van der Waals surface area contributed by atoms with Gasteiger partial charge in [0, 0.05) is 34.5 Å². The molecule has 0 radical (unpaired) electrons. The summed E-state index contributed by atoms with van der Waals surface area (Å²) in [7, 11) is 0. The number of ether oxygens (including phenoxy) is 1. The van der Waals surface area contributed by atoms with Crippen LogP contribution in [-0.4, -0.2) is 24.2 Å². The summed E-state index contributed by atoms with van der Waals surface area (Å²) in [5.74, 6) is 0.145. The molecular formula is C25H22N2O4. The van der Waals surface area contributed by atoms with Crippen LogP contribution in [0, 0.1) is 5.92 Å². The van der Waals surface area contributed by atoms with E-state index in [0.717, 1.165) is 12.8 Å². The van der Waals surface area contributed by atoms with Gasteiger partial charge in [0.2, 0.25) is 5.91 Å². The van der Waals surface area contributed by atoms with E-state index >= 15 is 0 Å². The van der Waals surface area contributed by atoms with Gasteiger partial charge in [-0.1, -0.05) is 48.5 Å². The molecule has 0 spiro atoms. The minimum absolute atomic E-state index is 0.0137. The third kappa shape index (κ3) is 5.57. The second kappa shape index (κ2) is 9.26. The zero-order chi connectivity index (χ0) is 21.6. The molecule has 6 nitrogen and oxygen atoms in total. The van der Waals surface area contributed by atoms with Crippen molar-refractivity contribution < 1.29 is 19.1 Å². The molecule has 2 amide bonds. The molecule has 0 atom stereocenters. The molecule has 3 aromatic rings. The van der Waals surface area contributed by atoms with E-state index in [0.29, 0.717) is 28.3 Å². The maximum absolute atomic E-state index is 12.6. The number of hydrogen-bond donors (Lipinski definition) is 2. The van der Waals surface area contributed by atoms with Gasteiger partial charge in [-0.2, -0.15) is 0 Å². The standard InChI is InChI=1S/C25H22N2O4/c28-23(16-31-22-11-5-10-21(15-22)27-25(30)18-12-13-18)26-20-9-4-8-19(14-20)24(29)17-6-2-1-3-7-17/h1-11,14-15,18H,12-13,16H2,(H,26,28)(H,27,30). The lowest BCUT2D eigenvalue weighted by molar-refractivity contribution is -0.118. The summed E-state index contributed by atoms with van der Waals surface area (Å²) in [5.41, 5.74) is 2.23. The van der Waals surface area contributed by atoms with Gasteiger partial charge < -0.3 is 15.4 Å². The number of benzene rings is 3. The highest BCUT2D eigenvalue weighted by atomic mass is 16.5. The molecule has 1 fully saturated rings. The van der Waals surface area contributed by atoms with E-state index in [1.165, 1.54) is 0 Å². The van der Waals surface area contributed by atoms with Crippen molar-refractivity contribution in [1.29, 1.82) is 0 Å². The lowest BCUT2D eigenvalue weighted by Gasteiger charge is -2.10. The van der Waals surface area contributed by atoms with Crippen LogP contribution >= 0.6 is 0 Å². The summed E-state index contributed by atoms with van der Waals surface area (Å²) in [6, 6.07) is 22.7. The lowest BCUT2D eigenvalue weighted by Crippen LogP contribution is -2.20. The monoisotopic (exact) mass is 414 g/mol. The van der Waals surface area contributed by atoms with E-state index in [1.54, 1.807) is 60.7 Å². The maximum Gasteiger partial charge on any atom is 0.262 e. The lowest BCUT2D eigenvalue weighted by atomic mass is 10.0. The van der Waals surface area contributed by atoms with Crippen LogP contribution in [0.5, 0.6) is 5.75 Å². The highest BCUT2D eigenvalue weighted by Gasteiger charge is 2.29. The molecule has 0 aliphatic heterocycles. The summed E-state index contributed by atoms with van der Waals surface area (Å²) in [6.07, 6.45) is 1.86. The van der Waals surface area contributed by atoms with Crippen LogP contribution in [0.2, 0.25) is 0 Å². The van der Waals surface area contributed by atoms with Crippen molar-refractivity contribution in [3.8, 4) is 5.75 Å². The summed E-state index contributed by atoms with van der Waals surface area (Å²) in [4.78, 5) is 36.8. The molecule has 0 heterocycles. The van der Waals surface area contributed by atoms with Gasteiger partial charge in [-0.05, 0) is 37.1 Å². The Bertz CT molecular complexity index is 1110. The average Bonchev–Trinajstić information content (AvgIpc) is 3.64. The van der Waals surface area contributed by atoms with Crippen molar-refractivity contribution in [3.63, 3.8) is 0 Å². The van der Waals surface area contributed by atoms with E-state index in [-0.39, 0.29) is 30.1 Å². The number of amides is 2. The topological polar surface area (TPSA) is 84.5 Å². The van der Waals surface area contributed by atoms with Crippen LogP contribution < -0.4 is 15.4 Å². The van der Waals surface area contributed by atoms with E-state index in [1.807, 2.05) is 18.2 Å². The van der Waals surface area contributed by atoms with Gasteiger partial charge in [0.25, 0.3) is 5.91 Å². The molecule has 1 aliphatic rings. The third-order valence-corrected chi connectivity index (χ3v) is 4.86. The molecule has 4 rings (SSSR count). The zero-order valence-corrected chi connectivity index (χ0v) is 16.8. The fourth-order valence-corrected chi connectivity index (χ4v) is 3.09. The van der Waals surface area contributed by atoms with Crippen molar-refractivity contribution in [2.24, 2.45) is 5.92 Å². The van der Waals surface area contributed by atoms with Crippen LogP contribution in [0.3, 0.4) is 0 Å². The fourth-order valence-electron chi connectivity index (χ4n) is 3.09. The number of hydrogen-bond acceptors (Lipinski definition) is 4. The van der Waals surface area contributed by atoms with Gasteiger partial charge in [0.1, 0.15) is 5.75 Å². The number of carbonyl (C=O) groups is 3. The molecule has 2 N–H and O–H groups in total. The smallest absolute Gasteiger partial charge is 0.262 e. The molecule has 0 saturated heterocycles. The average molecular weight is 414 g/mol. The van der Waals surface area contributed by atoms with E-state index < -0.39 is 0 Å². The first kappa shape index (κ1) is 20.3. The quantitative estimate of drug-likeness (QED) is 0.539. The van der Waals surface area contributed by atoms with Crippen molar-refractivity contribution in [1.82, 2.24) is 0 Å². The molecule has 1 saturated carbocycles. The SMILES string of the molecule is O=C(COc1cccc(NC(=O)C2CC2)c1)Nc1cccc(C(=O)c2ccccc2)c1. The second-order valence-electron chi connectivity index (χ2n) is 7.40. The molecule has 156 valence electrons. The number of rotatable bonds is 8. The fraction of sp³-hybridized carbons (Fsp3) is 0.160. The van der Waals surface area contributed by atoms with Gasteiger partial charge in [0.05, 0.1) is 0 Å². The molecule has 0 bridgehead atoms. The van der Waals surface area contributed by atoms with Crippen LogP contribution in [0.25, 0.3) is 0 Å². The Labute approximate surface area is 180 Å². The molecule has 6 heteroatoms. The Hall–Kier alpha value is -3.93. The Morgan fingerprint density at radius 1 is 0.774 bits per heavy atom. The first-order valence-electron chi connectivity index (χ1n) is 10.1. The molecule has 31 heavy (non-hydrogen) atoms. The molecule has 1 aliphatic carbocycles. The number of anilines is 2. The molecule has 3 aromatic carbocycles. The van der Waals surface area contributed by atoms with Crippen molar-refractivity contribution in [2.45, 2.75) is 12.8 Å². The van der Waals surface area contributed by atoms with Crippen LogP contribution in [-0.2, 0) is 9.59 Å². The van der Waals surface area contributed by atoms with E-state index in [9.17, 15) is 14.4 Å². The van der Waals surface area contributed by atoms with E-state index in [2.05, 4.69) is 10.6 Å². The predicted octanol–water partition coefficient (Wildman–Crippen LogP) is 4.28. The second-order valence-corrected chi connectivity index (χ2v) is 7.40. The Morgan fingerprint density at radius 3 is 2.19 bits per heavy atom. The number of carbonyl (C=O) groups excluding carboxylic acids is 3. The van der Waals surface area contributed by atoms with Gasteiger partial charge >= 0.3 is 0 Å². The third-order valence-electron chi connectivity index (χ3n) is 4.86. The van der Waals surface area contributed by atoms with Crippen LogP contribution in [0.15, 0.2) is 78.9 Å². The van der Waals surface area contributed by atoms with Crippen LogP contribution in [0.4, 0.5) is 11.4 Å². The predicted molar refractivity (Wildman–Crippen MR) is 118 cm³/mol. The number of nitrogens with one attached hydrogen (secondary N) is 2. The molecular weight excluding hydrogens is 392 g/mol. The first-order chi connectivity index (χ1) is 15.1. The summed E-state index contributed by atoms with van der Waals surface area (Å²) in [6.45, 7) is -0.198. The van der Waals surface area contributed by atoms with E-state index in [4.69, 9.17) is 4.74 Å². The Morgan fingerprint density at radius 2 is 1.45 bits per heavy atom. The molecule has 0 aromatic heterocycles. The maximum atomic E-state index is 12.6. The summed E-state index contributed by atoms with van der Waals surface area (Å²) < 4.78 is 5.56. The van der Waals surface area contributed by atoms with Gasteiger partial charge in [-0.25, -0.2) is 0 Å². The highest BCUT2D eigenvalue weighted by Crippen LogP contribution is 2.30.